The van der Waals surface area contributed by atoms with Gasteiger partial charge in [-0.25, -0.2) is 4.98 Å². The molecule has 1 saturated heterocycles. The number of nitrogens with zero attached hydrogens (tertiary/aromatic N) is 2. The summed E-state index contributed by atoms with van der Waals surface area (Å²) in [6, 6.07) is 8.76. The second kappa shape index (κ2) is 6.62. The Morgan fingerprint density at radius 2 is 2.09 bits per heavy atom. The molecule has 0 radical (unpaired) electrons. The Labute approximate surface area is 132 Å². The minimum absolute atomic E-state index is 0.158. The predicted octanol–water partition coefficient (Wildman–Crippen LogP) is 1.66. The van der Waals surface area contributed by atoms with E-state index in [1.807, 2.05) is 30.3 Å². The van der Waals surface area contributed by atoms with Crippen LogP contribution in [0.1, 0.15) is 16.9 Å². The molecule has 7 nitrogen and oxygen atoms in total. The van der Waals surface area contributed by atoms with E-state index in [-0.39, 0.29) is 24.6 Å². The molecule has 2 heterocycles. The Morgan fingerprint density at radius 3 is 2.83 bits per heavy atom. The number of hydrogen-bond donors (Lipinski definition) is 1. The molecule has 2 aromatic rings. The average molecular weight is 316 g/mol. The zero-order chi connectivity index (χ0) is 16.2. The number of rotatable bonds is 4. The maximum absolute atomic E-state index is 12.6. The standard InChI is InChI=1S/C16H16N2O5/c19-14(20)8-12-9-22-7-6-18(12)16(21)13-10-23-15(17-13)11-4-2-1-3-5-11/h1-5,10,12H,6-9H2,(H,19,20). The first-order chi connectivity index (χ1) is 11.1. The summed E-state index contributed by atoms with van der Waals surface area (Å²) in [6.07, 6.45) is 1.15. The molecule has 1 N–H and O–H groups in total. The van der Waals surface area contributed by atoms with E-state index in [0.29, 0.717) is 19.0 Å². The highest BCUT2D eigenvalue weighted by molar-refractivity contribution is 5.93. The number of aromatic nitrogens is 1. The molecule has 23 heavy (non-hydrogen) atoms. The fourth-order valence-corrected chi connectivity index (χ4v) is 2.53. The Hall–Kier alpha value is -2.67. The molecule has 1 amide bonds. The van der Waals surface area contributed by atoms with Crippen molar-refractivity contribution in [3.05, 3.63) is 42.3 Å². The van der Waals surface area contributed by atoms with Crippen LogP contribution in [0.15, 0.2) is 41.0 Å². The van der Waals surface area contributed by atoms with E-state index in [1.165, 1.54) is 11.2 Å². The van der Waals surface area contributed by atoms with Crippen molar-refractivity contribution in [3.8, 4) is 11.5 Å². The maximum Gasteiger partial charge on any atom is 0.305 e. The highest BCUT2D eigenvalue weighted by Gasteiger charge is 2.31. The van der Waals surface area contributed by atoms with E-state index >= 15 is 0 Å². The summed E-state index contributed by atoms with van der Waals surface area (Å²) < 4.78 is 10.6. The minimum atomic E-state index is -0.969. The fraction of sp³-hybridized carbons (Fsp3) is 0.312. The molecule has 120 valence electrons. The van der Waals surface area contributed by atoms with E-state index in [1.54, 1.807) is 0 Å². The van der Waals surface area contributed by atoms with Crippen molar-refractivity contribution >= 4 is 11.9 Å². The van der Waals surface area contributed by atoms with Gasteiger partial charge in [0.1, 0.15) is 6.26 Å². The van der Waals surface area contributed by atoms with Crippen LogP contribution in [-0.2, 0) is 9.53 Å². The number of ether oxygens (including phenoxy) is 1. The van der Waals surface area contributed by atoms with Crippen molar-refractivity contribution in [1.82, 2.24) is 9.88 Å². The van der Waals surface area contributed by atoms with Gasteiger partial charge in [-0.15, -0.1) is 0 Å². The summed E-state index contributed by atoms with van der Waals surface area (Å²) in [7, 11) is 0. The van der Waals surface area contributed by atoms with Crippen molar-refractivity contribution in [2.75, 3.05) is 19.8 Å². The van der Waals surface area contributed by atoms with E-state index in [0.717, 1.165) is 5.56 Å². The molecular weight excluding hydrogens is 300 g/mol. The number of aliphatic carboxylic acids is 1. The lowest BCUT2D eigenvalue weighted by Crippen LogP contribution is -2.49. The normalized spacial score (nSPS) is 17.9. The summed E-state index contributed by atoms with van der Waals surface area (Å²) in [5.41, 5.74) is 0.941. The Kier molecular flexibility index (Phi) is 4.38. The maximum atomic E-state index is 12.6. The molecule has 1 atom stereocenters. The molecule has 1 aromatic heterocycles. The third kappa shape index (κ3) is 3.40. The highest BCUT2D eigenvalue weighted by atomic mass is 16.5. The van der Waals surface area contributed by atoms with Crippen LogP contribution in [-0.4, -0.2) is 52.7 Å². The van der Waals surface area contributed by atoms with E-state index in [9.17, 15) is 9.59 Å². The van der Waals surface area contributed by atoms with E-state index in [2.05, 4.69) is 4.98 Å². The largest absolute Gasteiger partial charge is 0.481 e. The fourth-order valence-electron chi connectivity index (χ4n) is 2.53. The summed E-state index contributed by atoms with van der Waals surface area (Å²) in [4.78, 5) is 29.2. The van der Waals surface area contributed by atoms with Crippen molar-refractivity contribution in [3.63, 3.8) is 0 Å². The first-order valence-corrected chi connectivity index (χ1v) is 7.26. The molecule has 1 aliphatic rings. The second-order valence-electron chi connectivity index (χ2n) is 5.23. The molecule has 0 aliphatic carbocycles. The molecule has 0 bridgehead atoms. The van der Waals surface area contributed by atoms with Crippen LogP contribution in [0.4, 0.5) is 0 Å². The zero-order valence-corrected chi connectivity index (χ0v) is 12.3. The van der Waals surface area contributed by atoms with Gasteiger partial charge < -0.3 is 19.2 Å². The molecule has 0 spiro atoms. The topological polar surface area (TPSA) is 92.9 Å². The first kappa shape index (κ1) is 15.2. The van der Waals surface area contributed by atoms with Crippen LogP contribution in [0.3, 0.4) is 0 Å². The molecule has 1 fully saturated rings. The molecule has 7 heteroatoms. The smallest absolute Gasteiger partial charge is 0.305 e. The van der Waals surface area contributed by atoms with Crippen molar-refractivity contribution in [2.45, 2.75) is 12.5 Å². The number of benzene rings is 1. The zero-order valence-electron chi connectivity index (χ0n) is 12.3. The van der Waals surface area contributed by atoms with Gasteiger partial charge in [-0.1, -0.05) is 18.2 Å². The quantitative estimate of drug-likeness (QED) is 0.922. The molecule has 1 aromatic carbocycles. The number of carboxylic acid groups (broad SMARTS) is 1. The van der Waals surface area contributed by atoms with Crippen LogP contribution in [0.5, 0.6) is 0 Å². The van der Waals surface area contributed by atoms with Gasteiger partial charge in [0, 0.05) is 12.1 Å². The minimum Gasteiger partial charge on any atom is -0.481 e. The molecule has 0 saturated carbocycles. The summed E-state index contributed by atoms with van der Waals surface area (Å²) in [5, 5.41) is 8.96. The van der Waals surface area contributed by atoms with Crippen LogP contribution in [0, 0.1) is 0 Å². The third-order valence-electron chi connectivity index (χ3n) is 3.64. The van der Waals surface area contributed by atoms with Gasteiger partial charge in [0.25, 0.3) is 5.91 Å². The Bertz CT molecular complexity index is 698. The van der Waals surface area contributed by atoms with Crippen molar-refractivity contribution in [2.24, 2.45) is 0 Å². The van der Waals surface area contributed by atoms with Gasteiger partial charge >= 0.3 is 5.97 Å². The lowest BCUT2D eigenvalue weighted by Gasteiger charge is -2.34. The Morgan fingerprint density at radius 1 is 1.30 bits per heavy atom. The lowest BCUT2D eigenvalue weighted by molar-refractivity contribution is -0.139. The Balaban J connectivity index is 1.79. The first-order valence-electron chi connectivity index (χ1n) is 7.26. The van der Waals surface area contributed by atoms with Gasteiger partial charge in [0.2, 0.25) is 5.89 Å². The monoisotopic (exact) mass is 316 g/mol. The van der Waals surface area contributed by atoms with E-state index in [4.69, 9.17) is 14.3 Å². The molecule has 1 unspecified atom stereocenters. The van der Waals surface area contributed by atoms with Gasteiger partial charge in [-0.2, -0.15) is 0 Å². The van der Waals surface area contributed by atoms with Crippen LogP contribution < -0.4 is 0 Å². The van der Waals surface area contributed by atoms with Gasteiger partial charge in [-0.3, -0.25) is 9.59 Å². The van der Waals surface area contributed by atoms with Crippen LogP contribution in [0.2, 0.25) is 0 Å². The lowest BCUT2D eigenvalue weighted by atomic mass is 10.1. The SMILES string of the molecule is O=C(O)CC1COCCN1C(=O)c1coc(-c2ccccc2)n1. The highest BCUT2D eigenvalue weighted by Crippen LogP contribution is 2.20. The number of carbonyl (C=O) groups is 2. The van der Waals surface area contributed by atoms with Gasteiger partial charge in [0.05, 0.1) is 25.7 Å². The summed E-state index contributed by atoms with van der Waals surface area (Å²) in [5.74, 6) is -0.953. The van der Waals surface area contributed by atoms with Crippen molar-refractivity contribution in [1.29, 1.82) is 0 Å². The van der Waals surface area contributed by atoms with Crippen LogP contribution >= 0.6 is 0 Å². The van der Waals surface area contributed by atoms with Gasteiger partial charge in [0.15, 0.2) is 5.69 Å². The van der Waals surface area contributed by atoms with Crippen LogP contribution in [0.25, 0.3) is 11.5 Å². The summed E-state index contributed by atoms with van der Waals surface area (Å²) >= 11 is 0. The average Bonchev–Trinajstić information content (AvgIpc) is 3.05. The number of amides is 1. The molecular formula is C16H16N2O5. The molecule has 3 rings (SSSR count). The third-order valence-corrected chi connectivity index (χ3v) is 3.64. The second-order valence-corrected chi connectivity index (χ2v) is 5.23. The van der Waals surface area contributed by atoms with E-state index < -0.39 is 12.0 Å². The predicted molar refractivity (Wildman–Crippen MR) is 79.8 cm³/mol. The molecule has 1 aliphatic heterocycles. The number of carboxylic acids is 1. The summed E-state index contributed by atoms with van der Waals surface area (Å²) in [6.45, 7) is 0.928. The number of hydrogen-bond acceptors (Lipinski definition) is 5. The number of carbonyl (C=O) groups excluding carboxylic acids is 1. The number of morpholine rings is 1. The van der Waals surface area contributed by atoms with Gasteiger partial charge in [-0.05, 0) is 12.1 Å². The number of oxazole rings is 1. The van der Waals surface area contributed by atoms with Crippen molar-refractivity contribution < 1.29 is 23.8 Å².